The molecule has 0 bridgehead atoms. The first-order chi connectivity index (χ1) is 14.6. The summed E-state index contributed by atoms with van der Waals surface area (Å²) in [6.45, 7) is 0.245. The first-order valence-electron chi connectivity index (χ1n) is 9.25. The first kappa shape index (κ1) is 22.6. The third-order valence-corrected chi connectivity index (χ3v) is 6.69. The Kier molecular flexibility index (Phi) is 6.52. The molecule has 0 unspecified atom stereocenters. The molecule has 0 saturated carbocycles. The molecule has 2 aromatic carbocycles. The van der Waals surface area contributed by atoms with E-state index in [0.29, 0.717) is 5.56 Å². The van der Waals surface area contributed by atoms with Crippen LogP contribution in [0.3, 0.4) is 0 Å². The molecule has 3 rings (SSSR count). The van der Waals surface area contributed by atoms with Gasteiger partial charge < -0.3 is 10.1 Å². The van der Waals surface area contributed by atoms with E-state index >= 15 is 0 Å². The highest BCUT2D eigenvalue weighted by Gasteiger charge is 2.33. The maximum absolute atomic E-state index is 12.7. The van der Waals surface area contributed by atoms with Gasteiger partial charge in [0, 0.05) is 30.8 Å². The summed E-state index contributed by atoms with van der Waals surface area (Å²) in [6, 6.07) is 12.4. The van der Waals surface area contributed by atoms with E-state index in [1.807, 2.05) is 6.07 Å². The van der Waals surface area contributed by atoms with Crippen molar-refractivity contribution >= 4 is 21.6 Å². The van der Waals surface area contributed by atoms with Crippen molar-refractivity contribution in [3.05, 3.63) is 54.1 Å². The van der Waals surface area contributed by atoms with E-state index in [1.165, 1.54) is 40.7 Å². The second kappa shape index (κ2) is 8.95. The van der Waals surface area contributed by atoms with Crippen LogP contribution in [-0.2, 0) is 14.8 Å². The summed E-state index contributed by atoms with van der Waals surface area (Å²) >= 11 is 0. The maximum atomic E-state index is 12.7. The Morgan fingerprint density at radius 2 is 1.77 bits per heavy atom. The van der Waals surface area contributed by atoms with Crippen LogP contribution in [0.1, 0.15) is 18.4 Å². The van der Waals surface area contributed by atoms with Gasteiger partial charge in [0.1, 0.15) is 5.75 Å². The van der Waals surface area contributed by atoms with Gasteiger partial charge in [-0.3, -0.25) is 4.79 Å². The number of carbonyl (C=O) groups excluding carboxylic acids is 1. The second-order valence-corrected chi connectivity index (χ2v) is 8.82. The second-order valence-electron chi connectivity index (χ2n) is 6.88. The van der Waals surface area contributed by atoms with Crippen LogP contribution >= 0.6 is 0 Å². The zero-order valence-electron chi connectivity index (χ0n) is 16.1. The Hall–Kier alpha value is -3.10. The number of nitrogens with zero attached hydrogens (tertiary/aromatic N) is 2. The highest BCUT2D eigenvalue weighted by atomic mass is 32.2. The van der Waals surface area contributed by atoms with Crippen LogP contribution in [0.2, 0.25) is 0 Å². The molecule has 31 heavy (non-hydrogen) atoms. The van der Waals surface area contributed by atoms with Crippen LogP contribution < -0.4 is 10.1 Å². The zero-order chi connectivity index (χ0) is 22.6. The number of carbonyl (C=O) groups is 1. The predicted octanol–water partition coefficient (Wildman–Crippen LogP) is 3.50. The predicted molar refractivity (Wildman–Crippen MR) is 104 cm³/mol. The Labute approximate surface area is 177 Å². The molecule has 1 N–H and O–H groups in total. The number of benzene rings is 2. The normalized spacial score (nSPS) is 15.8. The Morgan fingerprint density at radius 1 is 1.13 bits per heavy atom. The van der Waals surface area contributed by atoms with Crippen LogP contribution in [0.5, 0.6) is 5.75 Å². The van der Waals surface area contributed by atoms with Crippen molar-refractivity contribution in [3.8, 4) is 11.8 Å². The van der Waals surface area contributed by atoms with Crippen LogP contribution in [-0.4, -0.2) is 38.1 Å². The minimum absolute atomic E-state index is 0.0656. The molecule has 11 heteroatoms. The summed E-state index contributed by atoms with van der Waals surface area (Å²) in [6.07, 6.45) is -4.31. The molecule has 1 amide bonds. The van der Waals surface area contributed by atoms with Gasteiger partial charge in [0.05, 0.1) is 16.5 Å². The summed E-state index contributed by atoms with van der Waals surface area (Å²) < 4.78 is 67.6. The zero-order valence-corrected chi connectivity index (χ0v) is 16.9. The van der Waals surface area contributed by atoms with E-state index in [1.54, 1.807) is 0 Å². The molecule has 0 radical (unpaired) electrons. The highest BCUT2D eigenvalue weighted by molar-refractivity contribution is 7.89. The highest BCUT2D eigenvalue weighted by Crippen LogP contribution is 2.27. The lowest BCUT2D eigenvalue weighted by Crippen LogP contribution is -2.41. The van der Waals surface area contributed by atoms with Gasteiger partial charge in [-0.15, -0.1) is 13.2 Å². The van der Waals surface area contributed by atoms with Gasteiger partial charge in [-0.05, 0) is 49.2 Å². The van der Waals surface area contributed by atoms with E-state index in [4.69, 9.17) is 5.26 Å². The molecule has 0 aromatic heterocycles. The number of piperidine rings is 1. The smallest absolute Gasteiger partial charge is 0.406 e. The van der Waals surface area contributed by atoms with Crippen molar-refractivity contribution < 1.29 is 31.1 Å². The van der Waals surface area contributed by atoms with Crippen LogP contribution in [0.25, 0.3) is 0 Å². The number of nitriles is 1. The molecule has 1 fully saturated rings. The van der Waals surface area contributed by atoms with E-state index in [2.05, 4.69) is 10.1 Å². The van der Waals surface area contributed by atoms with Gasteiger partial charge in [0.25, 0.3) is 0 Å². The number of hydrogen-bond donors (Lipinski definition) is 1. The number of rotatable bonds is 5. The molecule has 1 heterocycles. The lowest BCUT2D eigenvalue weighted by molar-refractivity contribution is -0.274. The fraction of sp³-hybridized carbons (Fsp3) is 0.300. The van der Waals surface area contributed by atoms with Gasteiger partial charge in [-0.2, -0.15) is 9.57 Å². The lowest BCUT2D eigenvalue weighted by atomic mass is 9.97. The molecule has 1 saturated heterocycles. The van der Waals surface area contributed by atoms with Gasteiger partial charge in [0.15, 0.2) is 0 Å². The van der Waals surface area contributed by atoms with Crippen molar-refractivity contribution in [1.29, 1.82) is 5.26 Å². The largest absolute Gasteiger partial charge is 0.573 e. The number of anilines is 1. The third-order valence-electron chi connectivity index (χ3n) is 4.78. The average Bonchev–Trinajstić information content (AvgIpc) is 2.73. The summed E-state index contributed by atoms with van der Waals surface area (Å²) in [5, 5.41) is 11.4. The van der Waals surface area contributed by atoms with Gasteiger partial charge in [-0.1, -0.05) is 6.07 Å². The number of ether oxygens (including phenoxy) is 1. The number of hydrogen-bond acceptors (Lipinski definition) is 5. The third kappa shape index (κ3) is 5.74. The van der Waals surface area contributed by atoms with Crippen LogP contribution in [0.15, 0.2) is 53.4 Å². The maximum Gasteiger partial charge on any atom is 0.573 e. The van der Waals surface area contributed by atoms with Crippen molar-refractivity contribution in [2.75, 3.05) is 18.4 Å². The van der Waals surface area contributed by atoms with Gasteiger partial charge in [-0.25, -0.2) is 8.42 Å². The van der Waals surface area contributed by atoms with Crippen molar-refractivity contribution in [1.82, 2.24) is 4.31 Å². The molecule has 2 aromatic rings. The van der Waals surface area contributed by atoms with E-state index in [-0.39, 0.29) is 36.5 Å². The average molecular weight is 453 g/mol. The lowest BCUT2D eigenvalue weighted by Gasteiger charge is -2.30. The fourth-order valence-electron chi connectivity index (χ4n) is 3.22. The molecule has 0 spiro atoms. The molecule has 1 aliphatic rings. The minimum Gasteiger partial charge on any atom is -0.406 e. The van der Waals surface area contributed by atoms with Crippen LogP contribution in [0.4, 0.5) is 18.9 Å². The Morgan fingerprint density at radius 3 is 2.35 bits per heavy atom. The monoisotopic (exact) mass is 453 g/mol. The number of nitrogens with one attached hydrogen (secondary N) is 1. The molecular weight excluding hydrogens is 435 g/mol. The first-order valence-corrected chi connectivity index (χ1v) is 10.7. The molecule has 0 aliphatic carbocycles. The van der Waals surface area contributed by atoms with E-state index in [0.717, 1.165) is 12.1 Å². The molecule has 0 atom stereocenters. The van der Waals surface area contributed by atoms with Crippen LogP contribution in [0, 0.1) is 17.2 Å². The summed E-state index contributed by atoms with van der Waals surface area (Å²) in [5.74, 6) is -1.34. The number of alkyl halides is 3. The Balaban J connectivity index is 1.60. The summed E-state index contributed by atoms with van der Waals surface area (Å²) in [7, 11) is -3.75. The van der Waals surface area contributed by atoms with Gasteiger partial charge in [0.2, 0.25) is 15.9 Å². The Bertz CT molecular complexity index is 1090. The van der Waals surface area contributed by atoms with E-state index < -0.39 is 34.0 Å². The van der Waals surface area contributed by atoms with Crippen molar-refractivity contribution in [3.63, 3.8) is 0 Å². The minimum atomic E-state index is -4.84. The number of halogens is 3. The van der Waals surface area contributed by atoms with Gasteiger partial charge >= 0.3 is 6.36 Å². The topological polar surface area (TPSA) is 99.5 Å². The molecule has 7 nitrogen and oxygen atoms in total. The summed E-state index contributed by atoms with van der Waals surface area (Å²) in [4.78, 5) is 12.6. The molecule has 164 valence electrons. The van der Waals surface area contributed by atoms with E-state index in [9.17, 15) is 26.4 Å². The quantitative estimate of drug-likeness (QED) is 0.747. The fourth-order valence-corrected chi connectivity index (χ4v) is 4.69. The number of sulfonamides is 1. The number of amides is 1. The standard InChI is InChI=1S/C20H18F3N3O4S/c21-20(22,23)30-17-3-1-2-16(12-17)25-19(27)15-8-10-26(11-9-15)31(28,29)18-6-4-14(13-24)5-7-18/h1-7,12,15H,8-11H2,(H,25,27). The molecular formula is C20H18F3N3O4S. The SMILES string of the molecule is N#Cc1ccc(S(=O)(=O)N2CCC(C(=O)Nc3cccc(OC(F)(F)F)c3)CC2)cc1. The molecule has 1 aliphatic heterocycles. The van der Waals surface area contributed by atoms with Crippen molar-refractivity contribution in [2.24, 2.45) is 5.92 Å². The van der Waals surface area contributed by atoms with Crippen molar-refractivity contribution in [2.45, 2.75) is 24.1 Å². The summed E-state index contributed by atoms with van der Waals surface area (Å²) in [5.41, 5.74) is 0.499.